The Morgan fingerprint density at radius 3 is 2.48 bits per heavy atom. The largest absolute Gasteiger partial charge is 0.292 e. The number of tetrazole rings is 1. The number of hydrogen-bond donors (Lipinski definition) is 0. The summed E-state index contributed by atoms with van der Waals surface area (Å²) in [6.07, 6.45) is 0. The minimum atomic E-state index is -0.0596. The van der Waals surface area contributed by atoms with Gasteiger partial charge in [-0.15, -0.1) is 10.2 Å². The van der Waals surface area contributed by atoms with E-state index in [2.05, 4.69) is 15.4 Å². The van der Waals surface area contributed by atoms with E-state index in [1.165, 1.54) is 4.80 Å². The lowest BCUT2D eigenvalue weighted by Gasteiger charge is -1.99. The van der Waals surface area contributed by atoms with E-state index >= 15 is 0 Å². The van der Waals surface area contributed by atoms with Crippen LogP contribution < -0.4 is 0 Å². The van der Waals surface area contributed by atoms with Gasteiger partial charge in [0, 0.05) is 16.1 Å². The molecule has 104 valence electrons. The number of benzene rings is 2. The predicted octanol–water partition coefficient (Wildman–Crippen LogP) is 2.88. The third-order valence-electron chi connectivity index (χ3n) is 2.94. The molecule has 1 heterocycles. The molecule has 0 radical (unpaired) electrons. The number of nitrogens with zero attached hydrogens (tertiary/aromatic N) is 4. The first kappa shape index (κ1) is 13.5. The number of carbonyl (C=O) groups is 1. The number of halogens is 1. The molecule has 0 bridgehead atoms. The molecule has 0 atom stereocenters. The minimum Gasteiger partial charge on any atom is -0.292 e. The van der Waals surface area contributed by atoms with Crippen LogP contribution in [0, 0.1) is 0 Å². The van der Waals surface area contributed by atoms with Crippen molar-refractivity contribution >= 4 is 17.4 Å². The molecule has 3 rings (SSSR count). The van der Waals surface area contributed by atoms with Crippen LogP contribution in [0.15, 0.2) is 54.6 Å². The Morgan fingerprint density at radius 2 is 1.76 bits per heavy atom. The van der Waals surface area contributed by atoms with Crippen molar-refractivity contribution in [3.05, 3.63) is 65.2 Å². The van der Waals surface area contributed by atoms with E-state index in [9.17, 15) is 4.79 Å². The van der Waals surface area contributed by atoms with E-state index in [-0.39, 0.29) is 12.3 Å². The summed E-state index contributed by atoms with van der Waals surface area (Å²) in [6.45, 7) is 0.0601. The summed E-state index contributed by atoms with van der Waals surface area (Å²) in [7, 11) is 0. The molecule has 0 fully saturated rings. The maximum Gasteiger partial charge on any atom is 0.204 e. The molecule has 0 aliphatic heterocycles. The molecule has 0 saturated carbocycles. The molecule has 0 aliphatic rings. The van der Waals surface area contributed by atoms with E-state index in [0.29, 0.717) is 16.4 Å². The van der Waals surface area contributed by atoms with Crippen molar-refractivity contribution < 1.29 is 4.79 Å². The lowest BCUT2D eigenvalue weighted by molar-refractivity contribution is 0.0961. The van der Waals surface area contributed by atoms with Crippen LogP contribution in [0.25, 0.3) is 11.4 Å². The van der Waals surface area contributed by atoms with Gasteiger partial charge in [-0.25, -0.2) is 0 Å². The first-order chi connectivity index (χ1) is 10.2. The number of carbonyl (C=O) groups excluding carboxylic acids is 1. The summed E-state index contributed by atoms with van der Waals surface area (Å²) in [5.41, 5.74) is 1.43. The van der Waals surface area contributed by atoms with Gasteiger partial charge >= 0.3 is 0 Å². The molecule has 0 saturated heterocycles. The van der Waals surface area contributed by atoms with Gasteiger partial charge in [-0.1, -0.05) is 41.9 Å². The van der Waals surface area contributed by atoms with Crippen molar-refractivity contribution in [2.75, 3.05) is 0 Å². The number of aromatic nitrogens is 4. The van der Waals surface area contributed by atoms with Crippen molar-refractivity contribution in [3.8, 4) is 11.4 Å². The summed E-state index contributed by atoms with van der Waals surface area (Å²) >= 11 is 5.83. The van der Waals surface area contributed by atoms with Gasteiger partial charge in [-0.3, -0.25) is 4.79 Å². The molecule has 3 aromatic rings. The Morgan fingerprint density at radius 1 is 1.05 bits per heavy atom. The van der Waals surface area contributed by atoms with E-state index < -0.39 is 0 Å². The summed E-state index contributed by atoms with van der Waals surface area (Å²) in [5, 5.41) is 12.7. The Bertz CT molecular complexity index is 753. The van der Waals surface area contributed by atoms with E-state index in [1.54, 1.807) is 24.3 Å². The SMILES string of the molecule is O=C(Cn1nnc(-c2ccc(Cl)cc2)n1)c1ccccc1. The predicted molar refractivity (Wildman–Crippen MR) is 79.0 cm³/mol. The third kappa shape index (κ3) is 3.14. The number of rotatable bonds is 4. The summed E-state index contributed by atoms with van der Waals surface area (Å²) in [6, 6.07) is 16.2. The lowest BCUT2D eigenvalue weighted by atomic mass is 10.1. The molecule has 0 aliphatic carbocycles. The molecule has 0 N–H and O–H groups in total. The van der Waals surface area contributed by atoms with E-state index in [1.807, 2.05) is 30.3 Å². The highest BCUT2D eigenvalue weighted by atomic mass is 35.5. The van der Waals surface area contributed by atoms with Crippen molar-refractivity contribution in [2.45, 2.75) is 6.54 Å². The van der Waals surface area contributed by atoms with Gasteiger partial charge in [0.25, 0.3) is 0 Å². The zero-order valence-electron chi connectivity index (χ0n) is 11.0. The zero-order chi connectivity index (χ0) is 14.7. The van der Waals surface area contributed by atoms with Crippen molar-refractivity contribution in [3.63, 3.8) is 0 Å². The quantitative estimate of drug-likeness (QED) is 0.695. The molecule has 1 aromatic heterocycles. The first-order valence-electron chi connectivity index (χ1n) is 6.34. The first-order valence-corrected chi connectivity index (χ1v) is 6.72. The van der Waals surface area contributed by atoms with Crippen molar-refractivity contribution in [1.29, 1.82) is 0 Å². The van der Waals surface area contributed by atoms with E-state index in [4.69, 9.17) is 11.6 Å². The Hall–Kier alpha value is -2.53. The van der Waals surface area contributed by atoms with Gasteiger partial charge < -0.3 is 0 Å². The van der Waals surface area contributed by atoms with Crippen LogP contribution in [-0.4, -0.2) is 26.0 Å². The van der Waals surface area contributed by atoms with Crippen LogP contribution >= 0.6 is 11.6 Å². The zero-order valence-corrected chi connectivity index (χ0v) is 11.7. The molecule has 6 heteroatoms. The molecule has 21 heavy (non-hydrogen) atoms. The van der Waals surface area contributed by atoms with Crippen LogP contribution in [-0.2, 0) is 6.54 Å². The standard InChI is InChI=1S/C15H11ClN4O/c16-13-8-6-12(7-9-13)15-17-19-20(18-15)10-14(21)11-4-2-1-3-5-11/h1-9H,10H2. The molecule has 0 amide bonds. The fourth-order valence-electron chi connectivity index (χ4n) is 1.87. The molecular weight excluding hydrogens is 288 g/mol. The topological polar surface area (TPSA) is 60.7 Å². The highest BCUT2D eigenvalue weighted by Gasteiger charge is 2.10. The van der Waals surface area contributed by atoms with Crippen LogP contribution in [0.2, 0.25) is 5.02 Å². The Balaban J connectivity index is 1.76. The fraction of sp³-hybridized carbons (Fsp3) is 0.0667. The summed E-state index contributed by atoms with van der Waals surface area (Å²) < 4.78 is 0. The fourth-order valence-corrected chi connectivity index (χ4v) is 1.99. The Labute approximate surface area is 126 Å². The smallest absolute Gasteiger partial charge is 0.204 e. The molecule has 5 nitrogen and oxygen atoms in total. The van der Waals surface area contributed by atoms with Crippen molar-refractivity contribution in [2.24, 2.45) is 0 Å². The molecular formula is C15H11ClN4O. The van der Waals surface area contributed by atoms with Gasteiger partial charge in [0.1, 0.15) is 6.54 Å². The van der Waals surface area contributed by atoms with Gasteiger partial charge in [0.05, 0.1) is 0 Å². The normalized spacial score (nSPS) is 10.5. The second-order valence-corrected chi connectivity index (χ2v) is 4.88. The summed E-state index contributed by atoms with van der Waals surface area (Å²) in [5.74, 6) is 0.406. The molecule has 0 spiro atoms. The monoisotopic (exact) mass is 298 g/mol. The van der Waals surface area contributed by atoms with Gasteiger partial charge in [-0.2, -0.15) is 4.80 Å². The molecule has 0 unspecified atom stereocenters. The number of ketones is 1. The van der Waals surface area contributed by atoms with Crippen LogP contribution in [0.1, 0.15) is 10.4 Å². The second kappa shape index (κ2) is 5.85. The highest BCUT2D eigenvalue weighted by Crippen LogP contribution is 2.17. The maximum atomic E-state index is 12.1. The second-order valence-electron chi connectivity index (χ2n) is 4.44. The minimum absolute atomic E-state index is 0.0596. The Kier molecular flexibility index (Phi) is 3.75. The average molecular weight is 299 g/mol. The summed E-state index contributed by atoms with van der Waals surface area (Å²) in [4.78, 5) is 13.3. The highest BCUT2D eigenvalue weighted by molar-refractivity contribution is 6.30. The van der Waals surface area contributed by atoms with Gasteiger partial charge in [-0.05, 0) is 29.5 Å². The van der Waals surface area contributed by atoms with Crippen LogP contribution in [0.4, 0.5) is 0 Å². The third-order valence-corrected chi connectivity index (χ3v) is 3.19. The van der Waals surface area contributed by atoms with Gasteiger partial charge in [0.2, 0.25) is 5.82 Å². The maximum absolute atomic E-state index is 12.1. The average Bonchev–Trinajstić information content (AvgIpc) is 2.97. The molecule has 2 aromatic carbocycles. The number of hydrogen-bond acceptors (Lipinski definition) is 4. The van der Waals surface area contributed by atoms with Crippen LogP contribution in [0.3, 0.4) is 0 Å². The van der Waals surface area contributed by atoms with Crippen molar-refractivity contribution in [1.82, 2.24) is 20.2 Å². The lowest BCUT2D eigenvalue weighted by Crippen LogP contribution is -2.13. The number of Topliss-reactive ketones (excluding diaryl/α,β-unsaturated/α-hetero) is 1. The van der Waals surface area contributed by atoms with E-state index in [0.717, 1.165) is 5.56 Å². The van der Waals surface area contributed by atoms with Crippen LogP contribution in [0.5, 0.6) is 0 Å². The van der Waals surface area contributed by atoms with Gasteiger partial charge in [0.15, 0.2) is 5.78 Å².